The van der Waals surface area contributed by atoms with Gasteiger partial charge in [0.1, 0.15) is 0 Å². The Morgan fingerprint density at radius 1 is 1.12 bits per heavy atom. The smallest absolute Gasteiger partial charge is 0.0531 e. The van der Waals surface area contributed by atoms with Crippen molar-refractivity contribution in [3.05, 3.63) is 22.7 Å². The van der Waals surface area contributed by atoms with E-state index >= 15 is 0 Å². The van der Waals surface area contributed by atoms with E-state index in [1.54, 1.807) is 0 Å². The molecule has 17 heavy (non-hydrogen) atoms. The van der Waals surface area contributed by atoms with Gasteiger partial charge in [0, 0.05) is 28.7 Å². The van der Waals surface area contributed by atoms with Crippen molar-refractivity contribution in [2.75, 3.05) is 23.7 Å². The highest BCUT2D eigenvalue weighted by atomic mass is 79.9. The molecule has 1 aromatic carbocycles. The summed E-state index contributed by atoms with van der Waals surface area (Å²) < 4.78 is 1.16. The second-order valence-electron chi connectivity index (χ2n) is 5.63. The lowest BCUT2D eigenvalue weighted by Crippen LogP contribution is -2.57. The van der Waals surface area contributed by atoms with Crippen LogP contribution in [-0.2, 0) is 0 Å². The molecule has 0 aromatic heterocycles. The molecule has 1 heterocycles. The lowest BCUT2D eigenvalue weighted by Gasteiger charge is -2.53. The molecule has 1 aliphatic carbocycles. The molecule has 3 heteroatoms. The number of hydrogen-bond donors (Lipinski definition) is 1. The summed E-state index contributed by atoms with van der Waals surface area (Å²) in [5, 5.41) is 0. The predicted molar refractivity (Wildman–Crippen MR) is 76.3 cm³/mol. The summed E-state index contributed by atoms with van der Waals surface area (Å²) in [5.74, 6) is 0. The highest BCUT2D eigenvalue weighted by Crippen LogP contribution is 2.46. The predicted octanol–water partition coefficient (Wildman–Crippen LogP) is 3.80. The van der Waals surface area contributed by atoms with Crippen molar-refractivity contribution in [1.82, 2.24) is 0 Å². The lowest BCUT2D eigenvalue weighted by molar-refractivity contribution is 0.139. The summed E-state index contributed by atoms with van der Waals surface area (Å²) in [7, 11) is 0. The summed E-state index contributed by atoms with van der Waals surface area (Å²) in [4.78, 5) is 2.46. The van der Waals surface area contributed by atoms with E-state index in [4.69, 9.17) is 5.73 Å². The van der Waals surface area contributed by atoms with Gasteiger partial charge < -0.3 is 10.6 Å². The minimum Gasteiger partial charge on any atom is -0.399 e. The molecule has 2 nitrogen and oxygen atoms in total. The maximum absolute atomic E-state index is 5.87. The minimum absolute atomic E-state index is 0.627. The zero-order valence-electron chi connectivity index (χ0n) is 10.1. The lowest BCUT2D eigenvalue weighted by atomic mass is 9.68. The van der Waals surface area contributed by atoms with Crippen LogP contribution in [0.4, 0.5) is 11.4 Å². The number of rotatable bonds is 1. The number of benzene rings is 1. The zero-order chi connectivity index (χ0) is 11.9. The van der Waals surface area contributed by atoms with Crippen molar-refractivity contribution in [1.29, 1.82) is 0 Å². The number of halogens is 1. The van der Waals surface area contributed by atoms with E-state index in [2.05, 4.69) is 33.0 Å². The highest BCUT2D eigenvalue weighted by Gasteiger charge is 2.43. The maximum atomic E-state index is 5.87. The first-order valence-corrected chi connectivity index (χ1v) is 7.28. The van der Waals surface area contributed by atoms with E-state index in [1.807, 2.05) is 6.07 Å². The van der Waals surface area contributed by atoms with Crippen LogP contribution in [0.5, 0.6) is 0 Å². The second-order valence-corrected chi connectivity index (χ2v) is 6.48. The Morgan fingerprint density at radius 3 is 2.53 bits per heavy atom. The van der Waals surface area contributed by atoms with Crippen LogP contribution < -0.4 is 10.6 Å². The van der Waals surface area contributed by atoms with Crippen molar-refractivity contribution in [2.45, 2.75) is 32.1 Å². The van der Waals surface area contributed by atoms with Crippen molar-refractivity contribution in [3.63, 3.8) is 0 Å². The van der Waals surface area contributed by atoms with Crippen molar-refractivity contribution >= 4 is 27.3 Å². The second kappa shape index (κ2) is 4.20. The molecule has 2 fully saturated rings. The van der Waals surface area contributed by atoms with Gasteiger partial charge in [0.2, 0.25) is 0 Å². The van der Waals surface area contributed by atoms with E-state index in [-0.39, 0.29) is 0 Å². The van der Waals surface area contributed by atoms with Gasteiger partial charge in [0.05, 0.1) is 5.69 Å². The van der Waals surface area contributed by atoms with Crippen LogP contribution >= 0.6 is 15.9 Å². The molecule has 2 aliphatic rings. The first-order valence-electron chi connectivity index (χ1n) is 6.49. The highest BCUT2D eigenvalue weighted by molar-refractivity contribution is 9.10. The topological polar surface area (TPSA) is 29.3 Å². The van der Waals surface area contributed by atoms with Gasteiger partial charge in [-0.15, -0.1) is 0 Å². The quantitative estimate of drug-likeness (QED) is 0.798. The SMILES string of the molecule is Nc1ccc(Br)c(N2CC3(CCCCC3)C2)c1. The molecule has 0 atom stereocenters. The Morgan fingerprint density at radius 2 is 1.82 bits per heavy atom. The summed E-state index contributed by atoms with van der Waals surface area (Å²) in [5.41, 5.74) is 8.61. The number of nitrogens with two attached hydrogens (primary N) is 1. The van der Waals surface area contributed by atoms with Gasteiger partial charge in [-0.2, -0.15) is 0 Å². The molecule has 3 rings (SSSR count). The first-order chi connectivity index (χ1) is 8.19. The van der Waals surface area contributed by atoms with Gasteiger partial charge in [-0.05, 0) is 47.0 Å². The molecular weight excluding hydrogens is 276 g/mol. The number of hydrogen-bond acceptors (Lipinski definition) is 2. The molecule has 1 spiro atoms. The van der Waals surface area contributed by atoms with Crippen LogP contribution in [0, 0.1) is 5.41 Å². The first kappa shape index (κ1) is 11.4. The Bertz CT molecular complexity index is 416. The molecule has 1 aromatic rings. The van der Waals surface area contributed by atoms with Crippen molar-refractivity contribution in [2.24, 2.45) is 5.41 Å². The van der Waals surface area contributed by atoms with Crippen LogP contribution in [-0.4, -0.2) is 13.1 Å². The molecular formula is C14H19BrN2. The molecule has 1 aliphatic heterocycles. The fraction of sp³-hybridized carbons (Fsp3) is 0.571. The van der Waals surface area contributed by atoms with Crippen LogP contribution in [0.15, 0.2) is 22.7 Å². The molecule has 92 valence electrons. The van der Waals surface area contributed by atoms with Crippen LogP contribution in [0.3, 0.4) is 0 Å². The van der Waals surface area contributed by atoms with E-state index in [0.717, 1.165) is 10.2 Å². The van der Waals surface area contributed by atoms with Crippen LogP contribution in [0.2, 0.25) is 0 Å². The van der Waals surface area contributed by atoms with Gasteiger partial charge in [-0.25, -0.2) is 0 Å². The monoisotopic (exact) mass is 294 g/mol. The Kier molecular flexibility index (Phi) is 2.81. The summed E-state index contributed by atoms with van der Waals surface area (Å²) in [6.07, 6.45) is 7.12. The normalized spacial score (nSPS) is 22.5. The van der Waals surface area contributed by atoms with Gasteiger partial charge >= 0.3 is 0 Å². The average Bonchev–Trinajstić information content (AvgIpc) is 2.30. The average molecular weight is 295 g/mol. The van der Waals surface area contributed by atoms with E-state index in [0.29, 0.717) is 5.41 Å². The summed E-state index contributed by atoms with van der Waals surface area (Å²) >= 11 is 3.62. The van der Waals surface area contributed by atoms with E-state index in [9.17, 15) is 0 Å². The zero-order valence-corrected chi connectivity index (χ0v) is 11.7. The summed E-state index contributed by atoms with van der Waals surface area (Å²) in [6, 6.07) is 6.08. The maximum Gasteiger partial charge on any atom is 0.0531 e. The third kappa shape index (κ3) is 2.05. The van der Waals surface area contributed by atoms with Gasteiger partial charge in [-0.1, -0.05) is 19.3 Å². The molecule has 0 radical (unpaired) electrons. The summed E-state index contributed by atoms with van der Waals surface area (Å²) in [6.45, 7) is 2.43. The largest absolute Gasteiger partial charge is 0.399 e. The molecule has 1 saturated carbocycles. The third-order valence-electron chi connectivity index (χ3n) is 4.28. The number of anilines is 2. The van der Waals surface area contributed by atoms with Gasteiger partial charge in [0.25, 0.3) is 0 Å². The fourth-order valence-corrected chi connectivity index (χ4v) is 3.82. The van der Waals surface area contributed by atoms with Gasteiger partial charge in [0.15, 0.2) is 0 Å². The van der Waals surface area contributed by atoms with Crippen molar-refractivity contribution in [3.8, 4) is 0 Å². The Hall–Kier alpha value is -0.700. The van der Waals surface area contributed by atoms with Crippen LogP contribution in [0.25, 0.3) is 0 Å². The van der Waals surface area contributed by atoms with E-state index in [1.165, 1.54) is 50.9 Å². The molecule has 1 saturated heterocycles. The third-order valence-corrected chi connectivity index (χ3v) is 4.95. The minimum atomic E-state index is 0.627. The Balaban J connectivity index is 1.74. The standard InChI is InChI=1S/C14H19BrN2/c15-12-5-4-11(16)8-13(12)17-9-14(10-17)6-2-1-3-7-14/h4-5,8H,1-3,6-7,9-10,16H2. The molecule has 0 bridgehead atoms. The van der Waals surface area contributed by atoms with Gasteiger partial charge in [-0.3, -0.25) is 0 Å². The fourth-order valence-electron chi connectivity index (χ4n) is 3.32. The molecule has 0 unspecified atom stereocenters. The Labute approximate surface area is 111 Å². The van der Waals surface area contributed by atoms with Crippen LogP contribution in [0.1, 0.15) is 32.1 Å². The number of nitrogen functional groups attached to an aromatic ring is 1. The molecule has 0 amide bonds. The molecule has 2 N–H and O–H groups in total. The number of nitrogens with zero attached hydrogens (tertiary/aromatic N) is 1. The van der Waals surface area contributed by atoms with Crippen molar-refractivity contribution < 1.29 is 0 Å². The van der Waals surface area contributed by atoms with E-state index < -0.39 is 0 Å².